The van der Waals surface area contributed by atoms with E-state index >= 15 is 0 Å². The summed E-state index contributed by atoms with van der Waals surface area (Å²) in [7, 11) is 0. The van der Waals surface area contributed by atoms with E-state index in [1.165, 1.54) is 16.7 Å². The largest absolute Gasteiger partial charge is 0.473 e. The molecule has 78 valence electrons. The van der Waals surface area contributed by atoms with Gasteiger partial charge in [0.2, 0.25) is 0 Å². The van der Waals surface area contributed by atoms with Gasteiger partial charge in [-0.3, -0.25) is 0 Å². The van der Waals surface area contributed by atoms with Gasteiger partial charge in [-0.2, -0.15) is 0 Å². The third-order valence-corrected chi connectivity index (χ3v) is 2.45. The molecule has 1 nitrogen and oxygen atoms in total. The Balaban J connectivity index is 2.32. The van der Waals surface area contributed by atoms with Gasteiger partial charge in [-0.1, -0.05) is 32.0 Å². The third-order valence-electron chi connectivity index (χ3n) is 2.45. The van der Waals surface area contributed by atoms with Gasteiger partial charge in [-0.05, 0) is 41.2 Å². The average Bonchev–Trinajstić information content (AvgIpc) is 2.41. The molecule has 1 aromatic carbocycles. The number of hydrogen-bond donors (Lipinski definition) is 0. The first-order chi connectivity index (χ1) is 7.25. The van der Waals surface area contributed by atoms with Crippen molar-refractivity contribution >= 4 is 12.2 Å². The van der Waals surface area contributed by atoms with Crippen LogP contribution in [0.3, 0.4) is 0 Å². The van der Waals surface area contributed by atoms with Gasteiger partial charge in [-0.25, -0.2) is 0 Å². The molecule has 2 rings (SSSR count). The molecule has 0 aromatic heterocycles. The molecule has 1 aliphatic rings. The van der Waals surface area contributed by atoms with Crippen LogP contribution in [0.1, 0.15) is 30.5 Å². The summed E-state index contributed by atoms with van der Waals surface area (Å²) in [6.07, 6.45) is 8.57. The molecule has 0 N–H and O–H groups in total. The summed E-state index contributed by atoms with van der Waals surface area (Å²) in [5, 5.41) is 0. The van der Waals surface area contributed by atoms with E-state index in [9.17, 15) is 0 Å². The maximum atomic E-state index is 5.14. The van der Waals surface area contributed by atoms with Crippen molar-refractivity contribution < 1.29 is 4.74 Å². The number of rotatable bonds is 2. The minimum atomic E-state index is 0.699. The van der Waals surface area contributed by atoms with E-state index in [1.54, 1.807) is 12.5 Å². The van der Waals surface area contributed by atoms with Crippen molar-refractivity contribution in [3.63, 3.8) is 0 Å². The fraction of sp³-hybridized carbons (Fsp3) is 0.286. The molecule has 1 heterocycles. The Morgan fingerprint density at radius 2 is 1.80 bits per heavy atom. The van der Waals surface area contributed by atoms with Crippen molar-refractivity contribution in [2.45, 2.75) is 20.3 Å². The second kappa shape index (κ2) is 4.35. The zero-order chi connectivity index (χ0) is 10.7. The summed E-state index contributed by atoms with van der Waals surface area (Å²) in [5.41, 5.74) is 3.85. The molecular formula is C14H16O. The van der Waals surface area contributed by atoms with Crippen LogP contribution in [-0.2, 0) is 11.2 Å². The van der Waals surface area contributed by atoms with Gasteiger partial charge in [-0.15, -0.1) is 0 Å². The number of fused-ring (bicyclic) bond motifs is 1. The van der Waals surface area contributed by atoms with E-state index in [2.05, 4.69) is 32.0 Å². The van der Waals surface area contributed by atoms with Crippen LogP contribution in [-0.4, -0.2) is 0 Å². The topological polar surface area (TPSA) is 9.23 Å². The van der Waals surface area contributed by atoms with Crippen LogP contribution in [0.2, 0.25) is 0 Å². The second-order valence-corrected chi connectivity index (χ2v) is 4.30. The lowest BCUT2D eigenvalue weighted by Gasteiger charge is -2.07. The molecule has 0 bridgehead atoms. The van der Waals surface area contributed by atoms with Crippen molar-refractivity contribution in [1.29, 1.82) is 0 Å². The molecule has 0 unspecified atom stereocenters. The standard InChI is InChI=1S/C14H16O/c1-11(2)9-12-3-4-13-5-7-15-8-6-14(13)10-12/h3-8,10-11H,9H2,1-2H3. The van der Waals surface area contributed by atoms with Gasteiger partial charge in [0, 0.05) is 0 Å². The fourth-order valence-electron chi connectivity index (χ4n) is 1.79. The maximum absolute atomic E-state index is 5.14. The zero-order valence-corrected chi connectivity index (χ0v) is 9.23. The Bertz CT molecular complexity index is 400. The zero-order valence-electron chi connectivity index (χ0n) is 9.23. The molecule has 0 amide bonds. The lowest BCUT2D eigenvalue weighted by Crippen LogP contribution is -1.95. The van der Waals surface area contributed by atoms with Gasteiger partial charge in [0.05, 0.1) is 12.5 Å². The summed E-state index contributed by atoms with van der Waals surface area (Å²) in [4.78, 5) is 0. The van der Waals surface area contributed by atoms with Crippen molar-refractivity contribution in [2.24, 2.45) is 5.92 Å². The average molecular weight is 200 g/mol. The van der Waals surface area contributed by atoms with E-state index in [0.29, 0.717) is 5.92 Å². The van der Waals surface area contributed by atoms with Crippen LogP contribution >= 0.6 is 0 Å². The number of hydrogen-bond acceptors (Lipinski definition) is 1. The first-order valence-corrected chi connectivity index (χ1v) is 5.37. The summed E-state index contributed by atoms with van der Waals surface area (Å²) >= 11 is 0. The summed E-state index contributed by atoms with van der Waals surface area (Å²) in [6, 6.07) is 6.59. The molecule has 0 aliphatic carbocycles. The Labute approximate surface area is 91.1 Å². The quantitative estimate of drug-likeness (QED) is 0.704. The van der Waals surface area contributed by atoms with Crippen molar-refractivity contribution in [2.75, 3.05) is 0 Å². The molecule has 0 radical (unpaired) electrons. The SMILES string of the molecule is CC(C)Cc1ccc2c(c1)C=COC=C2. The predicted octanol–water partition coefficient (Wildman–Crippen LogP) is 3.86. The van der Waals surface area contributed by atoms with E-state index < -0.39 is 0 Å². The lowest BCUT2D eigenvalue weighted by molar-refractivity contribution is 0.411. The van der Waals surface area contributed by atoms with Gasteiger partial charge in [0.1, 0.15) is 0 Å². The molecule has 0 saturated heterocycles. The van der Waals surface area contributed by atoms with Crippen molar-refractivity contribution in [1.82, 2.24) is 0 Å². The van der Waals surface area contributed by atoms with Crippen molar-refractivity contribution in [3.8, 4) is 0 Å². The highest BCUT2D eigenvalue weighted by Crippen LogP contribution is 2.19. The summed E-state index contributed by atoms with van der Waals surface area (Å²) in [5.74, 6) is 0.699. The van der Waals surface area contributed by atoms with Crippen molar-refractivity contribution in [3.05, 3.63) is 47.4 Å². The summed E-state index contributed by atoms with van der Waals surface area (Å²) in [6.45, 7) is 4.48. The molecule has 1 heteroatoms. The molecule has 0 atom stereocenters. The van der Waals surface area contributed by atoms with Gasteiger partial charge < -0.3 is 4.74 Å². The highest BCUT2D eigenvalue weighted by molar-refractivity contribution is 5.66. The molecule has 0 saturated carbocycles. The molecular weight excluding hydrogens is 184 g/mol. The second-order valence-electron chi connectivity index (χ2n) is 4.30. The Hall–Kier alpha value is -1.50. The molecule has 1 aliphatic heterocycles. The Kier molecular flexibility index (Phi) is 2.91. The first kappa shape index (κ1) is 10.0. The number of benzene rings is 1. The smallest absolute Gasteiger partial charge is 0.0907 e. The molecule has 1 aromatic rings. The normalized spacial score (nSPS) is 13.5. The van der Waals surface area contributed by atoms with E-state index in [0.717, 1.165) is 6.42 Å². The highest BCUT2D eigenvalue weighted by Gasteiger charge is 2.03. The monoisotopic (exact) mass is 200 g/mol. The summed E-state index contributed by atoms with van der Waals surface area (Å²) < 4.78 is 5.14. The van der Waals surface area contributed by atoms with Crippen LogP contribution < -0.4 is 0 Å². The predicted molar refractivity (Wildman–Crippen MR) is 64.1 cm³/mol. The minimum absolute atomic E-state index is 0.699. The van der Waals surface area contributed by atoms with E-state index in [4.69, 9.17) is 4.74 Å². The van der Waals surface area contributed by atoms with Gasteiger partial charge in [0.25, 0.3) is 0 Å². The molecule has 0 spiro atoms. The number of ether oxygens (including phenoxy) is 1. The van der Waals surface area contributed by atoms with Crippen LogP contribution in [0.4, 0.5) is 0 Å². The minimum Gasteiger partial charge on any atom is -0.473 e. The molecule has 15 heavy (non-hydrogen) atoms. The highest BCUT2D eigenvalue weighted by atomic mass is 16.5. The van der Waals surface area contributed by atoms with Gasteiger partial charge in [0.15, 0.2) is 0 Å². The van der Waals surface area contributed by atoms with Crippen LogP contribution in [0.25, 0.3) is 12.2 Å². The van der Waals surface area contributed by atoms with Crippen LogP contribution in [0.5, 0.6) is 0 Å². The van der Waals surface area contributed by atoms with Crippen LogP contribution in [0, 0.1) is 5.92 Å². The van der Waals surface area contributed by atoms with E-state index in [-0.39, 0.29) is 0 Å². The fourth-order valence-corrected chi connectivity index (χ4v) is 1.79. The Morgan fingerprint density at radius 1 is 1.07 bits per heavy atom. The van der Waals surface area contributed by atoms with Crippen LogP contribution in [0.15, 0.2) is 30.7 Å². The Morgan fingerprint density at radius 3 is 2.53 bits per heavy atom. The van der Waals surface area contributed by atoms with E-state index in [1.807, 2.05) is 12.2 Å². The third kappa shape index (κ3) is 2.50. The maximum Gasteiger partial charge on any atom is 0.0907 e. The first-order valence-electron chi connectivity index (χ1n) is 5.37. The molecule has 0 fully saturated rings. The lowest BCUT2D eigenvalue weighted by atomic mass is 9.98. The van der Waals surface area contributed by atoms with Gasteiger partial charge >= 0.3 is 0 Å².